The Morgan fingerprint density at radius 1 is 1.00 bits per heavy atom. The quantitative estimate of drug-likeness (QED) is 0.720. The van der Waals surface area contributed by atoms with E-state index in [9.17, 15) is 4.79 Å². The standard InChI is InChI=1S/C22H22N4O3/c1-28-19-6-7-20(23-13-19)22(27)25-17-4-3-15-9-10-26(14-16(15)11-17)18-5-8-21(29-2)24-12-18/h3-8,11-13H,9-10,14H2,1-2H3,(H,25,27). The van der Waals surface area contributed by atoms with Crippen LogP contribution in [0.5, 0.6) is 11.6 Å². The second kappa shape index (κ2) is 8.18. The van der Waals surface area contributed by atoms with Gasteiger partial charge in [0.25, 0.3) is 5.91 Å². The zero-order valence-corrected chi connectivity index (χ0v) is 16.4. The van der Waals surface area contributed by atoms with Crippen molar-refractivity contribution in [2.75, 3.05) is 31.0 Å². The Morgan fingerprint density at radius 3 is 2.59 bits per heavy atom. The lowest BCUT2D eigenvalue weighted by Crippen LogP contribution is -2.30. The van der Waals surface area contributed by atoms with Crippen LogP contribution in [0.15, 0.2) is 54.9 Å². The molecular weight excluding hydrogens is 368 g/mol. The Hall–Kier alpha value is -3.61. The molecule has 0 atom stereocenters. The summed E-state index contributed by atoms with van der Waals surface area (Å²) in [5.74, 6) is 0.964. The van der Waals surface area contributed by atoms with Crippen molar-refractivity contribution in [3.05, 3.63) is 71.7 Å². The summed E-state index contributed by atoms with van der Waals surface area (Å²) in [5.41, 5.74) is 4.62. The lowest BCUT2D eigenvalue weighted by atomic mass is 9.98. The highest BCUT2D eigenvalue weighted by Crippen LogP contribution is 2.27. The summed E-state index contributed by atoms with van der Waals surface area (Å²) in [6.45, 7) is 1.68. The number of fused-ring (bicyclic) bond motifs is 1. The fraction of sp³-hybridized carbons (Fsp3) is 0.227. The normalized spacial score (nSPS) is 12.8. The zero-order chi connectivity index (χ0) is 20.2. The maximum atomic E-state index is 12.5. The van der Waals surface area contributed by atoms with Crippen LogP contribution in [0, 0.1) is 0 Å². The molecule has 29 heavy (non-hydrogen) atoms. The molecule has 0 aliphatic carbocycles. The van der Waals surface area contributed by atoms with Gasteiger partial charge in [0.2, 0.25) is 5.88 Å². The van der Waals surface area contributed by atoms with E-state index in [0.29, 0.717) is 17.3 Å². The van der Waals surface area contributed by atoms with Crippen LogP contribution >= 0.6 is 0 Å². The van der Waals surface area contributed by atoms with Crippen LogP contribution in [-0.4, -0.2) is 36.6 Å². The van der Waals surface area contributed by atoms with E-state index in [1.54, 1.807) is 26.4 Å². The monoisotopic (exact) mass is 390 g/mol. The summed E-state index contributed by atoms with van der Waals surface area (Å²) in [7, 11) is 3.17. The fourth-order valence-electron chi connectivity index (χ4n) is 3.37. The van der Waals surface area contributed by atoms with Crippen LogP contribution in [0.1, 0.15) is 21.6 Å². The Labute approximate surface area is 169 Å². The minimum Gasteiger partial charge on any atom is -0.495 e. The van der Waals surface area contributed by atoms with Gasteiger partial charge >= 0.3 is 0 Å². The van der Waals surface area contributed by atoms with Crippen molar-refractivity contribution in [2.24, 2.45) is 0 Å². The molecular formula is C22H22N4O3. The van der Waals surface area contributed by atoms with Gasteiger partial charge in [0.15, 0.2) is 0 Å². The van der Waals surface area contributed by atoms with Gasteiger partial charge < -0.3 is 19.7 Å². The van der Waals surface area contributed by atoms with Gasteiger partial charge in [-0.2, -0.15) is 0 Å². The summed E-state index contributed by atoms with van der Waals surface area (Å²) < 4.78 is 10.2. The molecule has 0 bridgehead atoms. The topological polar surface area (TPSA) is 76.6 Å². The number of carbonyl (C=O) groups is 1. The van der Waals surface area contributed by atoms with Gasteiger partial charge in [0, 0.05) is 24.8 Å². The van der Waals surface area contributed by atoms with Gasteiger partial charge in [-0.05, 0) is 47.9 Å². The molecule has 3 heterocycles. The number of pyridine rings is 2. The fourth-order valence-corrected chi connectivity index (χ4v) is 3.37. The summed E-state index contributed by atoms with van der Waals surface area (Å²) in [6, 6.07) is 13.3. The molecule has 1 N–H and O–H groups in total. The summed E-state index contributed by atoms with van der Waals surface area (Å²) >= 11 is 0. The van der Waals surface area contributed by atoms with Crippen molar-refractivity contribution >= 4 is 17.3 Å². The van der Waals surface area contributed by atoms with Crippen LogP contribution in [-0.2, 0) is 13.0 Å². The summed E-state index contributed by atoms with van der Waals surface area (Å²) in [5, 5.41) is 2.93. The molecule has 1 aromatic carbocycles. The number of carbonyl (C=O) groups excluding carboxylic acids is 1. The molecule has 1 aliphatic heterocycles. The predicted molar refractivity (Wildman–Crippen MR) is 111 cm³/mol. The first-order valence-electron chi connectivity index (χ1n) is 9.34. The Kier molecular flexibility index (Phi) is 5.29. The Balaban J connectivity index is 1.48. The number of amides is 1. The number of nitrogens with one attached hydrogen (secondary N) is 1. The summed E-state index contributed by atoms with van der Waals surface area (Å²) in [4.78, 5) is 23.2. The molecule has 0 spiro atoms. The highest BCUT2D eigenvalue weighted by Gasteiger charge is 2.18. The second-order valence-electron chi connectivity index (χ2n) is 6.75. The van der Waals surface area contributed by atoms with Crippen LogP contribution in [0.4, 0.5) is 11.4 Å². The first-order chi connectivity index (χ1) is 14.2. The van der Waals surface area contributed by atoms with E-state index in [-0.39, 0.29) is 5.91 Å². The Morgan fingerprint density at radius 2 is 1.90 bits per heavy atom. The molecule has 148 valence electrons. The second-order valence-corrected chi connectivity index (χ2v) is 6.75. The first-order valence-corrected chi connectivity index (χ1v) is 9.34. The molecule has 4 rings (SSSR count). The Bertz CT molecular complexity index is 1000. The molecule has 0 saturated carbocycles. The molecule has 2 aromatic heterocycles. The molecule has 7 heteroatoms. The SMILES string of the molecule is COc1ccc(C(=O)Nc2ccc3c(c2)CN(c2ccc(OC)nc2)CC3)nc1. The van der Waals surface area contributed by atoms with E-state index in [1.165, 1.54) is 17.3 Å². The van der Waals surface area contributed by atoms with E-state index < -0.39 is 0 Å². The summed E-state index contributed by atoms with van der Waals surface area (Å²) in [6.07, 6.45) is 4.29. The first kappa shape index (κ1) is 18.7. The maximum absolute atomic E-state index is 12.5. The molecule has 0 saturated heterocycles. The van der Waals surface area contributed by atoms with E-state index in [1.807, 2.05) is 30.5 Å². The van der Waals surface area contributed by atoms with Crippen LogP contribution in [0.2, 0.25) is 0 Å². The average Bonchev–Trinajstić information content (AvgIpc) is 2.78. The number of nitrogens with zero attached hydrogens (tertiary/aromatic N) is 3. The van der Waals surface area contributed by atoms with Gasteiger partial charge in [-0.3, -0.25) is 4.79 Å². The van der Waals surface area contributed by atoms with Crippen LogP contribution in [0.3, 0.4) is 0 Å². The van der Waals surface area contributed by atoms with Gasteiger partial charge in [0.05, 0.1) is 32.3 Å². The molecule has 0 fully saturated rings. The number of ether oxygens (including phenoxy) is 2. The van der Waals surface area contributed by atoms with Crippen LogP contribution < -0.4 is 19.7 Å². The lowest BCUT2D eigenvalue weighted by molar-refractivity contribution is 0.102. The average molecular weight is 390 g/mol. The minimum absolute atomic E-state index is 0.250. The minimum atomic E-state index is -0.250. The van der Waals surface area contributed by atoms with E-state index in [2.05, 4.69) is 26.3 Å². The molecule has 0 radical (unpaired) electrons. The van der Waals surface area contributed by atoms with E-state index in [0.717, 1.165) is 30.9 Å². The van der Waals surface area contributed by atoms with Gasteiger partial charge in [-0.1, -0.05) is 6.07 Å². The molecule has 0 unspecified atom stereocenters. The molecule has 1 amide bonds. The number of hydrogen-bond acceptors (Lipinski definition) is 6. The van der Waals surface area contributed by atoms with Crippen molar-refractivity contribution in [1.82, 2.24) is 9.97 Å². The third-order valence-corrected chi connectivity index (χ3v) is 4.98. The maximum Gasteiger partial charge on any atom is 0.274 e. The molecule has 3 aromatic rings. The van der Waals surface area contributed by atoms with Gasteiger partial charge in [0.1, 0.15) is 11.4 Å². The lowest BCUT2D eigenvalue weighted by Gasteiger charge is -2.30. The van der Waals surface area contributed by atoms with Crippen molar-refractivity contribution in [3.8, 4) is 11.6 Å². The number of aromatic nitrogens is 2. The predicted octanol–water partition coefficient (Wildman–Crippen LogP) is 3.31. The third kappa shape index (κ3) is 4.13. The number of anilines is 2. The van der Waals surface area contributed by atoms with Gasteiger partial charge in [-0.25, -0.2) is 9.97 Å². The van der Waals surface area contributed by atoms with Gasteiger partial charge in [-0.15, -0.1) is 0 Å². The molecule has 1 aliphatic rings. The van der Waals surface area contributed by atoms with Crippen molar-refractivity contribution < 1.29 is 14.3 Å². The van der Waals surface area contributed by atoms with Crippen LogP contribution in [0.25, 0.3) is 0 Å². The number of methoxy groups -OCH3 is 2. The largest absolute Gasteiger partial charge is 0.495 e. The number of benzene rings is 1. The van der Waals surface area contributed by atoms with Crippen molar-refractivity contribution in [1.29, 1.82) is 0 Å². The number of rotatable bonds is 5. The smallest absolute Gasteiger partial charge is 0.274 e. The van der Waals surface area contributed by atoms with Crippen molar-refractivity contribution in [2.45, 2.75) is 13.0 Å². The zero-order valence-electron chi connectivity index (χ0n) is 16.4. The number of hydrogen-bond donors (Lipinski definition) is 1. The molecule has 7 nitrogen and oxygen atoms in total. The highest BCUT2D eigenvalue weighted by atomic mass is 16.5. The highest BCUT2D eigenvalue weighted by molar-refractivity contribution is 6.02. The van der Waals surface area contributed by atoms with Crippen molar-refractivity contribution in [3.63, 3.8) is 0 Å². The van der Waals surface area contributed by atoms with E-state index in [4.69, 9.17) is 9.47 Å². The van der Waals surface area contributed by atoms with E-state index >= 15 is 0 Å². The third-order valence-electron chi connectivity index (χ3n) is 4.98.